The summed E-state index contributed by atoms with van der Waals surface area (Å²) < 4.78 is 0. The molecular formula is C9H14BN. The highest BCUT2D eigenvalue weighted by molar-refractivity contribution is 6.70. The van der Waals surface area contributed by atoms with E-state index >= 15 is 0 Å². The summed E-state index contributed by atoms with van der Waals surface area (Å²) >= 11 is 0. The molecule has 0 spiro atoms. The first-order chi connectivity index (χ1) is 5.42. The molecule has 2 bridgehead atoms. The lowest BCUT2D eigenvalue weighted by Crippen LogP contribution is -2.33. The minimum Gasteiger partial charge on any atom is -0.213 e. The lowest BCUT2D eigenvalue weighted by atomic mass is 9.28. The summed E-state index contributed by atoms with van der Waals surface area (Å²) in [5.74, 6) is 4.05. The number of nitrogens with zero attached hydrogens (tertiary/aromatic N) is 1. The third-order valence-electron chi connectivity index (χ3n) is 3.46. The number of fused-ring (bicyclic) bond motifs is 2. The molecule has 0 atom stereocenters. The third kappa shape index (κ3) is 1.17. The van der Waals surface area contributed by atoms with Gasteiger partial charge in [0.05, 0.1) is 0 Å². The Labute approximate surface area is 68.9 Å². The molecule has 0 aromatic rings. The van der Waals surface area contributed by atoms with E-state index in [9.17, 15) is 0 Å². The Bertz CT molecular complexity index is 162. The summed E-state index contributed by atoms with van der Waals surface area (Å²) in [5, 5.41) is 8.95. The molecule has 2 rings (SSSR count). The van der Waals surface area contributed by atoms with Gasteiger partial charge < -0.3 is 0 Å². The zero-order valence-corrected chi connectivity index (χ0v) is 6.92. The van der Waals surface area contributed by atoms with Gasteiger partial charge in [0, 0.05) is 5.97 Å². The maximum absolute atomic E-state index is 8.95. The van der Waals surface area contributed by atoms with Gasteiger partial charge in [-0.05, 0) is 11.6 Å². The van der Waals surface area contributed by atoms with Gasteiger partial charge >= 0.3 is 0 Å². The Kier molecular flexibility index (Phi) is 1.90. The highest BCUT2D eigenvalue weighted by Crippen LogP contribution is 2.45. The van der Waals surface area contributed by atoms with Crippen LogP contribution in [0.15, 0.2) is 0 Å². The van der Waals surface area contributed by atoms with Gasteiger partial charge in [0.15, 0.2) is 0 Å². The van der Waals surface area contributed by atoms with E-state index in [-0.39, 0.29) is 0 Å². The standard InChI is InChI=1S/C9H14BN/c11-7-10-8-3-1-4-9(10)6-2-5-8/h8-9H,1-6H2. The van der Waals surface area contributed by atoms with Gasteiger partial charge in [0.2, 0.25) is 0 Å². The average molecular weight is 147 g/mol. The second-order valence-corrected chi connectivity index (χ2v) is 4.04. The maximum atomic E-state index is 8.95. The van der Waals surface area contributed by atoms with Crippen molar-refractivity contribution in [1.82, 2.24) is 0 Å². The van der Waals surface area contributed by atoms with Crippen LogP contribution >= 0.6 is 0 Å². The molecule has 0 aromatic heterocycles. The van der Waals surface area contributed by atoms with E-state index in [4.69, 9.17) is 5.26 Å². The van der Waals surface area contributed by atoms with E-state index in [0.717, 1.165) is 11.6 Å². The summed E-state index contributed by atoms with van der Waals surface area (Å²) in [6, 6.07) is 0. The van der Waals surface area contributed by atoms with Gasteiger partial charge in [0.1, 0.15) is 0 Å². The van der Waals surface area contributed by atoms with E-state index in [2.05, 4.69) is 5.97 Å². The Balaban J connectivity index is 2.12. The number of hydrogen-bond acceptors (Lipinski definition) is 1. The molecule has 2 aliphatic heterocycles. The van der Waals surface area contributed by atoms with Gasteiger partial charge in [-0.25, -0.2) is 5.26 Å². The van der Waals surface area contributed by atoms with Crippen molar-refractivity contribution in [1.29, 1.82) is 5.26 Å². The highest BCUT2D eigenvalue weighted by atomic mass is 14.3. The van der Waals surface area contributed by atoms with Crippen LogP contribution in [0.4, 0.5) is 0 Å². The zero-order chi connectivity index (χ0) is 7.68. The Morgan fingerprint density at radius 1 is 1.00 bits per heavy atom. The van der Waals surface area contributed by atoms with Crippen LogP contribution in [0.1, 0.15) is 38.5 Å². The normalized spacial score (nSPS) is 36.5. The fourth-order valence-corrected chi connectivity index (χ4v) is 2.89. The van der Waals surface area contributed by atoms with Crippen molar-refractivity contribution in [2.75, 3.05) is 0 Å². The van der Waals surface area contributed by atoms with E-state index in [1.165, 1.54) is 38.5 Å². The second kappa shape index (κ2) is 2.89. The second-order valence-electron chi connectivity index (χ2n) is 4.04. The van der Waals surface area contributed by atoms with Crippen molar-refractivity contribution in [2.24, 2.45) is 0 Å². The first-order valence-corrected chi connectivity index (χ1v) is 4.81. The van der Waals surface area contributed by atoms with Crippen molar-refractivity contribution in [3.05, 3.63) is 0 Å². The predicted octanol–water partition coefficient (Wildman–Crippen LogP) is 2.65. The molecule has 0 radical (unpaired) electrons. The molecule has 2 aliphatic rings. The first-order valence-electron chi connectivity index (χ1n) is 4.81. The van der Waals surface area contributed by atoms with E-state index in [1.807, 2.05) is 0 Å². The van der Waals surface area contributed by atoms with Crippen LogP contribution in [0, 0.1) is 11.2 Å². The Morgan fingerprint density at radius 2 is 1.45 bits per heavy atom. The fourth-order valence-electron chi connectivity index (χ4n) is 2.89. The molecule has 0 N–H and O–H groups in total. The molecule has 58 valence electrons. The van der Waals surface area contributed by atoms with Crippen LogP contribution in [0.5, 0.6) is 0 Å². The molecule has 0 aromatic carbocycles. The van der Waals surface area contributed by atoms with Gasteiger partial charge in [-0.15, -0.1) is 0 Å². The van der Waals surface area contributed by atoms with Gasteiger partial charge in [0.25, 0.3) is 6.71 Å². The van der Waals surface area contributed by atoms with Crippen molar-refractivity contribution in [3.63, 3.8) is 0 Å². The lowest BCUT2D eigenvalue weighted by Gasteiger charge is -2.36. The lowest BCUT2D eigenvalue weighted by molar-refractivity contribution is 0.448. The molecule has 0 saturated carbocycles. The van der Waals surface area contributed by atoms with Crippen LogP contribution in [0.2, 0.25) is 11.6 Å². The molecule has 0 amide bonds. The molecule has 0 aliphatic carbocycles. The molecule has 2 saturated heterocycles. The summed E-state index contributed by atoms with van der Waals surface area (Å²) in [5.41, 5.74) is 0. The number of hydrogen-bond donors (Lipinski definition) is 0. The van der Waals surface area contributed by atoms with Crippen LogP contribution in [-0.2, 0) is 0 Å². The van der Waals surface area contributed by atoms with Crippen molar-refractivity contribution < 1.29 is 0 Å². The predicted molar refractivity (Wildman–Crippen MR) is 46.6 cm³/mol. The van der Waals surface area contributed by atoms with Crippen LogP contribution in [0.3, 0.4) is 0 Å². The van der Waals surface area contributed by atoms with Crippen molar-refractivity contribution >= 4 is 6.71 Å². The monoisotopic (exact) mass is 147 g/mol. The molecular weight excluding hydrogens is 133 g/mol. The number of nitriles is 1. The third-order valence-corrected chi connectivity index (χ3v) is 3.46. The van der Waals surface area contributed by atoms with Crippen molar-refractivity contribution in [2.45, 2.75) is 50.2 Å². The van der Waals surface area contributed by atoms with Gasteiger partial charge in [-0.1, -0.05) is 38.5 Å². The minimum absolute atomic E-state index is 0.428. The van der Waals surface area contributed by atoms with Crippen molar-refractivity contribution in [3.8, 4) is 5.97 Å². The van der Waals surface area contributed by atoms with E-state index in [1.54, 1.807) is 0 Å². The minimum atomic E-state index is 0.428. The summed E-state index contributed by atoms with van der Waals surface area (Å²) in [7, 11) is 0. The summed E-state index contributed by atoms with van der Waals surface area (Å²) in [4.78, 5) is 0. The Hall–Kier alpha value is -0.445. The first kappa shape index (κ1) is 7.22. The van der Waals surface area contributed by atoms with E-state index < -0.39 is 0 Å². The van der Waals surface area contributed by atoms with Crippen LogP contribution < -0.4 is 0 Å². The summed E-state index contributed by atoms with van der Waals surface area (Å²) in [6.07, 6.45) is 8.08. The molecule has 1 nitrogen and oxygen atoms in total. The SMILES string of the molecule is N#CB1C2CCCC1CCC2. The zero-order valence-electron chi connectivity index (χ0n) is 6.92. The van der Waals surface area contributed by atoms with Gasteiger partial charge in [-0.3, -0.25) is 0 Å². The molecule has 2 fully saturated rings. The molecule has 2 heteroatoms. The van der Waals surface area contributed by atoms with E-state index in [0.29, 0.717) is 6.71 Å². The summed E-state index contributed by atoms with van der Waals surface area (Å²) in [6.45, 7) is 0.428. The Morgan fingerprint density at radius 3 is 1.73 bits per heavy atom. The molecule has 2 heterocycles. The largest absolute Gasteiger partial charge is 0.274 e. The average Bonchev–Trinajstić information content (AvgIpc) is 2.03. The topological polar surface area (TPSA) is 23.8 Å². The smallest absolute Gasteiger partial charge is 0.213 e. The van der Waals surface area contributed by atoms with Crippen LogP contribution in [-0.4, -0.2) is 6.71 Å². The fraction of sp³-hybridized carbons (Fsp3) is 0.889. The maximum Gasteiger partial charge on any atom is 0.274 e. The quantitative estimate of drug-likeness (QED) is 0.483. The highest BCUT2D eigenvalue weighted by Gasteiger charge is 2.39. The molecule has 11 heavy (non-hydrogen) atoms. The van der Waals surface area contributed by atoms with Gasteiger partial charge in [-0.2, -0.15) is 0 Å². The molecule has 0 unspecified atom stereocenters. The number of rotatable bonds is 0. The van der Waals surface area contributed by atoms with Crippen LogP contribution in [0.25, 0.3) is 0 Å².